The smallest absolute Gasteiger partial charge is 0.431 e. The molecule has 1 atom stereocenters. The van der Waals surface area contributed by atoms with E-state index in [0.29, 0.717) is 42.7 Å². The maximum absolute atomic E-state index is 13.7. The second-order valence-corrected chi connectivity index (χ2v) is 9.51. The predicted molar refractivity (Wildman–Crippen MR) is 150 cm³/mol. The van der Waals surface area contributed by atoms with E-state index in [1.54, 1.807) is 30.3 Å². The van der Waals surface area contributed by atoms with Crippen LogP contribution in [0.15, 0.2) is 101 Å². The van der Waals surface area contributed by atoms with Crippen LogP contribution in [0.1, 0.15) is 33.8 Å². The van der Waals surface area contributed by atoms with Crippen LogP contribution in [0.3, 0.4) is 0 Å². The van der Waals surface area contributed by atoms with Crippen LogP contribution in [0.2, 0.25) is 0 Å². The second-order valence-electron chi connectivity index (χ2n) is 9.51. The summed E-state index contributed by atoms with van der Waals surface area (Å²) in [4.78, 5) is 28.7. The normalized spacial score (nSPS) is 12.5. The molecule has 0 spiro atoms. The Hall–Kier alpha value is -4.86. The number of carbonyl (C=O) groups excluding carboxylic acids is 1. The number of rotatable bonds is 13. The lowest BCUT2D eigenvalue weighted by atomic mass is 10.0. The number of hydrogen-bond donors (Lipinski definition) is 2. The highest BCUT2D eigenvalue weighted by atomic mass is 19.4. The van der Waals surface area contributed by atoms with Crippen molar-refractivity contribution in [1.29, 1.82) is 0 Å². The summed E-state index contributed by atoms with van der Waals surface area (Å²) in [7, 11) is 0. The number of ether oxygens (including phenoxy) is 1. The first-order valence-electron chi connectivity index (χ1n) is 13.2. The van der Waals surface area contributed by atoms with Gasteiger partial charge in [-0.2, -0.15) is 13.2 Å². The maximum atomic E-state index is 13.7. The zero-order chi connectivity index (χ0) is 30.1. The zero-order valence-corrected chi connectivity index (χ0v) is 22.7. The molecule has 0 radical (unpaired) electrons. The van der Waals surface area contributed by atoms with Gasteiger partial charge in [-0.15, -0.1) is 0 Å². The molecule has 0 amide bonds. The van der Waals surface area contributed by atoms with E-state index in [-0.39, 0.29) is 12.0 Å². The number of aliphatic carboxylic acids is 1. The van der Waals surface area contributed by atoms with Gasteiger partial charge in [-0.3, -0.25) is 4.79 Å². The number of ketones is 1. The van der Waals surface area contributed by atoms with Gasteiger partial charge in [0.25, 0.3) is 0 Å². The number of alkyl halides is 3. The van der Waals surface area contributed by atoms with Crippen molar-refractivity contribution in [2.45, 2.75) is 38.4 Å². The van der Waals surface area contributed by atoms with Gasteiger partial charge < -0.3 is 19.6 Å². The summed E-state index contributed by atoms with van der Waals surface area (Å²) in [6.45, 7) is 2.25. The number of halogens is 3. The maximum Gasteiger partial charge on any atom is 0.431 e. The van der Waals surface area contributed by atoms with Crippen LogP contribution in [0, 0.1) is 6.92 Å². The summed E-state index contributed by atoms with van der Waals surface area (Å²) >= 11 is 0. The number of aryl methyl sites for hydroxylation is 2. The van der Waals surface area contributed by atoms with Crippen LogP contribution < -0.4 is 10.1 Å². The number of carbonyl (C=O) groups is 2. The minimum Gasteiger partial charge on any atom is -0.494 e. The quantitative estimate of drug-likeness (QED) is 0.105. The van der Waals surface area contributed by atoms with Crippen LogP contribution in [-0.2, 0) is 17.6 Å². The molecule has 0 saturated carbocycles. The van der Waals surface area contributed by atoms with E-state index >= 15 is 0 Å². The number of carboxylic acids is 1. The molecule has 7 nitrogen and oxygen atoms in total. The molecule has 4 rings (SSSR count). The van der Waals surface area contributed by atoms with Gasteiger partial charge in [-0.05, 0) is 49.6 Å². The minimum atomic E-state index is -4.95. The van der Waals surface area contributed by atoms with Gasteiger partial charge in [0.1, 0.15) is 23.2 Å². The first-order chi connectivity index (χ1) is 20.1. The molecule has 0 bridgehead atoms. The molecular formula is C32H29F3N2O5. The Balaban J connectivity index is 1.32. The Morgan fingerprint density at radius 3 is 2.26 bits per heavy atom. The van der Waals surface area contributed by atoms with Crippen molar-refractivity contribution in [3.05, 3.63) is 119 Å². The SMILES string of the molecule is Cc1oc(-c2ccccc2)nc1CCCOc1ccc(C[C@H](N/C(=C\C(=O)c2ccccc2)C(F)(F)F)C(=O)O)cc1. The molecule has 1 aromatic heterocycles. The number of oxazole rings is 1. The molecule has 0 fully saturated rings. The molecule has 10 heteroatoms. The predicted octanol–water partition coefficient (Wildman–Crippen LogP) is 6.58. The largest absolute Gasteiger partial charge is 0.494 e. The number of aromatic nitrogens is 1. The molecule has 42 heavy (non-hydrogen) atoms. The Bertz CT molecular complexity index is 1520. The summed E-state index contributed by atoms with van der Waals surface area (Å²) in [6.07, 6.45) is -3.51. The Labute approximate surface area is 240 Å². The van der Waals surface area contributed by atoms with Crippen LogP contribution in [0.5, 0.6) is 5.75 Å². The Morgan fingerprint density at radius 2 is 1.64 bits per heavy atom. The molecule has 0 unspecified atom stereocenters. The van der Waals surface area contributed by atoms with Gasteiger partial charge in [0, 0.05) is 23.6 Å². The molecule has 218 valence electrons. The third-order valence-electron chi connectivity index (χ3n) is 6.37. The molecule has 4 aromatic rings. The van der Waals surface area contributed by atoms with Crippen molar-refractivity contribution in [2.75, 3.05) is 6.61 Å². The topological polar surface area (TPSA) is 102 Å². The number of nitrogens with one attached hydrogen (secondary N) is 1. The zero-order valence-electron chi connectivity index (χ0n) is 22.7. The van der Waals surface area contributed by atoms with Crippen LogP contribution in [0.25, 0.3) is 11.5 Å². The number of allylic oxidation sites excluding steroid dienone is 2. The van der Waals surface area contributed by atoms with Gasteiger partial charge in [-0.1, -0.05) is 60.7 Å². The van der Waals surface area contributed by atoms with E-state index in [1.807, 2.05) is 42.6 Å². The summed E-state index contributed by atoms with van der Waals surface area (Å²) in [5.41, 5.74) is 0.844. The van der Waals surface area contributed by atoms with E-state index < -0.39 is 29.7 Å². The van der Waals surface area contributed by atoms with E-state index in [0.717, 1.165) is 17.0 Å². The lowest BCUT2D eigenvalue weighted by Gasteiger charge is -2.20. The first kappa shape index (κ1) is 30.1. The molecule has 0 aliphatic rings. The van der Waals surface area contributed by atoms with E-state index in [1.165, 1.54) is 24.3 Å². The van der Waals surface area contributed by atoms with E-state index in [2.05, 4.69) is 4.98 Å². The lowest BCUT2D eigenvalue weighted by molar-refractivity contribution is -0.140. The number of carboxylic acid groups (broad SMARTS) is 1. The third-order valence-corrected chi connectivity index (χ3v) is 6.37. The number of hydrogen-bond acceptors (Lipinski definition) is 6. The average Bonchev–Trinajstić information content (AvgIpc) is 3.35. The molecule has 3 aromatic carbocycles. The van der Waals surface area contributed by atoms with Crippen molar-refractivity contribution in [3.63, 3.8) is 0 Å². The number of benzene rings is 3. The number of nitrogens with zero attached hydrogens (tertiary/aromatic N) is 1. The van der Waals surface area contributed by atoms with Gasteiger partial charge in [0.2, 0.25) is 5.89 Å². The van der Waals surface area contributed by atoms with E-state index in [4.69, 9.17) is 9.15 Å². The highest BCUT2D eigenvalue weighted by Gasteiger charge is 2.37. The summed E-state index contributed by atoms with van der Waals surface area (Å²) in [6, 6.07) is 21.8. The van der Waals surface area contributed by atoms with Crippen LogP contribution in [0.4, 0.5) is 13.2 Å². The standard InChI is InChI=1S/C32H29F3N2O5/c1-21-26(37-30(42-21)24-11-6-3-7-12-24)13-8-18-41-25-16-14-22(15-17-25)19-27(31(39)40)36-29(32(33,34)35)20-28(38)23-9-4-2-5-10-23/h2-7,9-12,14-17,20,27,36H,8,13,18-19H2,1H3,(H,39,40)/b29-20-/t27-/m0/s1. The lowest BCUT2D eigenvalue weighted by Crippen LogP contribution is -2.42. The van der Waals surface area contributed by atoms with Gasteiger partial charge in [0.15, 0.2) is 5.78 Å². The summed E-state index contributed by atoms with van der Waals surface area (Å²) < 4.78 is 52.6. The van der Waals surface area contributed by atoms with Crippen molar-refractivity contribution >= 4 is 11.8 Å². The second kappa shape index (κ2) is 13.7. The molecule has 0 aliphatic heterocycles. The fourth-order valence-electron chi connectivity index (χ4n) is 4.16. The monoisotopic (exact) mass is 578 g/mol. The first-order valence-corrected chi connectivity index (χ1v) is 13.2. The Morgan fingerprint density at radius 1 is 1.00 bits per heavy atom. The van der Waals surface area contributed by atoms with Gasteiger partial charge in [-0.25, -0.2) is 9.78 Å². The fourth-order valence-corrected chi connectivity index (χ4v) is 4.16. The Kier molecular flexibility index (Phi) is 9.80. The molecule has 0 aliphatic carbocycles. The van der Waals surface area contributed by atoms with Crippen LogP contribution >= 0.6 is 0 Å². The minimum absolute atomic E-state index is 0.0524. The van der Waals surface area contributed by atoms with Gasteiger partial charge in [0.05, 0.1) is 12.3 Å². The van der Waals surface area contributed by atoms with Crippen molar-refractivity contribution in [1.82, 2.24) is 10.3 Å². The molecular weight excluding hydrogens is 549 g/mol. The third kappa shape index (κ3) is 8.33. The fraction of sp³-hybridized carbons (Fsp3) is 0.219. The molecule has 0 saturated heterocycles. The molecule has 1 heterocycles. The van der Waals surface area contributed by atoms with Crippen molar-refractivity contribution in [3.8, 4) is 17.2 Å². The van der Waals surface area contributed by atoms with Crippen molar-refractivity contribution < 1.29 is 37.0 Å². The molecule has 2 N–H and O–H groups in total. The van der Waals surface area contributed by atoms with Crippen LogP contribution in [-0.4, -0.2) is 40.7 Å². The van der Waals surface area contributed by atoms with E-state index in [9.17, 15) is 27.9 Å². The highest BCUT2D eigenvalue weighted by molar-refractivity contribution is 6.05. The van der Waals surface area contributed by atoms with Gasteiger partial charge >= 0.3 is 12.1 Å². The highest BCUT2D eigenvalue weighted by Crippen LogP contribution is 2.26. The van der Waals surface area contributed by atoms with Crippen molar-refractivity contribution in [2.24, 2.45) is 0 Å². The summed E-state index contributed by atoms with van der Waals surface area (Å²) in [5.74, 6) is -0.542. The summed E-state index contributed by atoms with van der Waals surface area (Å²) in [5, 5.41) is 11.6. The average molecular weight is 579 g/mol.